The van der Waals surface area contributed by atoms with Gasteiger partial charge in [0, 0.05) is 43.9 Å². The van der Waals surface area contributed by atoms with Gasteiger partial charge in [0.1, 0.15) is 0 Å². The first-order valence-electron chi connectivity index (χ1n) is 11.0. The number of morpholine rings is 1. The standard InChI is InChI=1S/C23H28N4O5S/c28-22(19-6-8-21(9-7-19)33(30,31)27-10-1-2-11-27)24-25-23(29)20-5-3-4-18(16-20)17-26-12-14-32-15-13-26/h3-9,16H,1-2,10-15,17H2,(H,24,28)(H,25,29). The second kappa shape index (κ2) is 10.4. The van der Waals surface area contributed by atoms with Crippen LogP contribution in [0.4, 0.5) is 0 Å². The van der Waals surface area contributed by atoms with E-state index in [9.17, 15) is 18.0 Å². The van der Waals surface area contributed by atoms with Crippen LogP contribution in [-0.2, 0) is 21.3 Å². The smallest absolute Gasteiger partial charge is 0.269 e. The molecule has 0 aliphatic carbocycles. The number of rotatable bonds is 6. The number of ether oxygens (including phenoxy) is 1. The van der Waals surface area contributed by atoms with E-state index < -0.39 is 21.8 Å². The van der Waals surface area contributed by atoms with E-state index in [0.29, 0.717) is 31.9 Å². The van der Waals surface area contributed by atoms with Crippen LogP contribution in [0, 0.1) is 0 Å². The lowest BCUT2D eigenvalue weighted by Crippen LogP contribution is -2.41. The molecule has 0 radical (unpaired) electrons. The monoisotopic (exact) mass is 472 g/mol. The molecule has 0 bridgehead atoms. The van der Waals surface area contributed by atoms with E-state index in [0.717, 1.165) is 38.0 Å². The van der Waals surface area contributed by atoms with Crippen LogP contribution in [-0.4, -0.2) is 68.8 Å². The Bertz CT molecular complexity index is 1090. The van der Waals surface area contributed by atoms with Crippen LogP contribution in [0.15, 0.2) is 53.4 Å². The number of hydrogen-bond acceptors (Lipinski definition) is 6. The third-order valence-corrected chi connectivity index (χ3v) is 7.72. The van der Waals surface area contributed by atoms with Crippen LogP contribution in [0.5, 0.6) is 0 Å². The molecule has 33 heavy (non-hydrogen) atoms. The number of amides is 2. The summed E-state index contributed by atoms with van der Waals surface area (Å²) in [5, 5.41) is 0. The first kappa shape index (κ1) is 23.4. The number of hydrazine groups is 1. The molecule has 0 unspecified atom stereocenters. The summed E-state index contributed by atoms with van der Waals surface area (Å²) in [5.74, 6) is -0.960. The van der Waals surface area contributed by atoms with E-state index in [1.165, 1.54) is 28.6 Å². The summed E-state index contributed by atoms with van der Waals surface area (Å²) in [6.45, 7) is 4.88. The molecule has 2 aromatic rings. The Hall–Kier alpha value is -2.79. The SMILES string of the molecule is O=C(NNC(=O)c1cccc(CN2CCOCC2)c1)c1ccc(S(=O)(=O)N2CCCC2)cc1. The van der Waals surface area contributed by atoms with Gasteiger partial charge in [-0.05, 0) is 54.8 Å². The Balaban J connectivity index is 1.33. The highest BCUT2D eigenvalue weighted by atomic mass is 32.2. The zero-order chi connectivity index (χ0) is 23.3. The Morgan fingerprint density at radius 2 is 1.48 bits per heavy atom. The van der Waals surface area contributed by atoms with Crippen molar-refractivity contribution in [2.45, 2.75) is 24.3 Å². The van der Waals surface area contributed by atoms with Gasteiger partial charge in [-0.15, -0.1) is 0 Å². The number of nitrogens with zero attached hydrogens (tertiary/aromatic N) is 2. The molecule has 176 valence electrons. The van der Waals surface area contributed by atoms with Crippen LogP contribution in [0.1, 0.15) is 39.1 Å². The number of hydrogen-bond donors (Lipinski definition) is 2. The maximum absolute atomic E-state index is 12.6. The molecule has 2 aliphatic rings. The molecule has 2 N–H and O–H groups in total. The molecule has 2 amide bonds. The summed E-state index contributed by atoms with van der Waals surface area (Å²) >= 11 is 0. The lowest BCUT2D eigenvalue weighted by atomic mass is 10.1. The number of carbonyl (C=O) groups is 2. The molecule has 2 heterocycles. The van der Waals surface area contributed by atoms with E-state index in [2.05, 4.69) is 15.8 Å². The third kappa shape index (κ3) is 5.77. The first-order valence-corrected chi connectivity index (χ1v) is 12.5. The zero-order valence-corrected chi connectivity index (χ0v) is 19.1. The van der Waals surface area contributed by atoms with E-state index in [4.69, 9.17) is 4.74 Å². The van der Waals surface area contributed by atoms with Crippen molar-refractivity contribution in [3.8, 4) is 0 Å². The molecule has 0 saturated carbocycles. The Morgan fingerprint density at radius 1 is 0.848 bits per heavy atom. The second-order valence-corrected chi connectivity index (χ2v) is 10.1. The summed E-state index contributed by atoms with van der Waals surface area (Å²) < 4.78 is 32.0. The maximum atomic E-state index is 12.6. The molecule has 2 aromatic carbocycles. The lowest BCUT2D eigenvalue weighted by molar-refractivity contribution is 0.0342. The lowest BCUT2D eigenvalue weighted by Gasteiger charge is -2.26. The molecule has 2 fully saturated rings. The molecular weight excluding hydrogens is 444 g/mol. The van der Waals surface area contributed by atoms with Gasteiger partial charge in [-0.1, -0.05) is 12.1 Å². The van der Waals surface area contributed by atoms with Crippen LogP contribution < -0.4 is 10.9 Å². The predicted octanol–water partition coefficient (Wildman–Crippen LogP) is 1.38. The van der Waals surface area contributed by atoms with Gasteiger partial charge in [0.05, 0.1) is 18.1 Å². The van der Waals surface area contributed by atoms with E-state index >= 15 is 0 Å². The van der Waals surface area contributed by atoms with E-state index in [1.54, 1.807) is 12.1 Å². The van der Waals surface area contributed by atoms with E-state index in [-0.39, 0.29) is 10.5 Å². The van der Waals surface area contributed by atoms with Crippen LogP contribution in [0.3, 0.4) is 0 Å². The van der Waals surface area contributed by atoms with Crippen molar-refractivity contribution in [2.24, 2.45) is 0 Å². The van der Waals surface area contributed by atoms with Gasteiger partial charge in [-0.2, -0.15) is 4.31 Å². The minimum atomic E-state index is -3.54. The van der Waals surface area contributed by atoms with E-state index in [1.807, 2.05) is 12.1 Å². The number of nitrogens with one attached hydrogen (secondary N) is 2. The zero-order valence-electron chi connectivity index (χ0n) is 18.3. The van der Waals surface area contributed by atoms with Crippen molar-refractivity contribution in [2.75, 3.05) is 39.4 Å². The highest BCUT2D eigenvalue weighted by Crippen LogP contribution is 2.21. The van der Waals surface area contributed by atoms with Gasteiger partial charge < -0.3 is 4.74 Å². The van der Waals surface area contributed by atoms with Gasteiger partial charge in [0.25, 0.3) is 11.8 Å². The summed E-state index contributed by atoms with van der Waals surface area (Å²) in [5.41, 5.74) is 6.50. The number of benzene rings is 2. The fraction of sp³-hybridized carbons (Fsp3) is 0.391. The van der Waals surface area contributed by atoms with Crippen molar-refractivity contribution >= 4 is 21.8 Å². The topological polar surface area (TPSA) is 108 Å². The maximum Gasteiger partial charge on any atom is 0.269 e. The summed E-state index contributed by atoms with van der Waals surface area (Å²) in [6, 6.07) is 13.0. The summed E-state index contributed by atoms with van der Waals surface area (Å²) in [6.07, 6.45) is 1.71. The van der Waals surface area contributed by atoms with Gasteiger partial charge in [0.15, 0.2) is 0 Å². The minimum absolute atomic E-state index is 0.155. The van der Waals surface area contributed by atoms with Gasteiger partial charge in [-0.3, -0.25) is 25.3 Å². The highest BCUT2D eigenvalue weighted by Gasteiger charge is 2.27. The second-order valence-electron chi connectivity index (χ2n) is 8.13. The minimum Gasteiger partial charge on any atom is -0.379 e. The van der Waals surface area contributed by atoms with Crippen molar-refractivity contribution in [1.29, 1.82) is 0 Å². The van der Waals surface area contributed by atoms with Crippen molar-refractivity contribution in [3.63, 3.8) is 0 Å². The molecule has 9 nitrogen and oxygen atoms in total. The predicted molar refractivity (Wildman–Crippen MR) is 122 cm³/mol. The van der Waals surface area contributed by atoms with Crippen molar-refractivity contribution in [3.05, 3.63) is 65.2 Å². The molecular formula is C23H28N4O5S. The number of carbonyl (C=O) groups excluding carboxylic acids is 2. The van der Waals surface area contributed by atoms with Gasteiger partial charge in [0.2, 0.25) is 10.0 Å². The average Bonchev–Trinajstić information content (AvgIpc) is 3.39. The Morgan fingerprint density at radius 3 is 2.15 bits per heavy atom. The third-order valence-electron chi connectivity index (χ3n) is 5.81. The Labute approximate surface area is 193 Å². The normalized spacial score (nSPS) is 17.6. The fourth-order valence-corrected chi connectivity index (χ4v) is 5.46. The van der Waals surface area contributed by atoms with Crippen molar-refractivity contribution in [1.82, 2.24) is 20.1 Å². The molecule has 2 aliphatic heterocycles. The molecule has 2 saturated heterocycles. The summed E-state index contributed by atoms with van der Waals surface area (Å²) in [7, 11) is -3.54. The fourth-order valence-electron chi connectivity index (χ4n) is 3.94. The molecule has 0 atom stereocenters. The van der Waals surface area contributed by atoms with Gasteiger partial charge >= 0.3 is 0 Å². The summed E-state index contributed by atoms with van der Waals surface area (Å²) in [4.78, 5) is 27.4. The molecule has 0 aromatic heterocycles. The average molecular weight is 473 g/mol. The molecule has 10 heteroatoms. The van der Waals surface area contributed by atoms with Crippen LogP contribution in [0.2, 0.25) is 0 Å². The van der Waals surface area contributed by atoms with Crippen LogP contribution in [0.25, 0.3) is 0 Å². The quantitative estimate of drug-likeness (QED) is 0.615. The molecule has 0 spiro atoms. The first-order chi connectivity index (χ1) is 15.9. The van der Waals surface area contributed by atoms with Crippen molar-refractivity contribution < 1.29 is 22.7 Å². The van der Waals surface area contributed by atoms with Gasteiger partial charge in [-0.25, -0.2) is 8.42 Å². The molecule has 4 rings (SSSR count). The Kier molecular flexibility index (Phi) is 7.39. The van der Waals surface area contributed by atoms with Crippen LogP contribution >= 0.6 is 0 Å². The number of sulfonamides is 1. The largest absolute Gasteiger partial charge is 0.379 e. The highest BCUT2D eigenvalue weighted by molar-refractivity contribution is 7.89.